The van der Waals surface area contributed by atoms with Crippen molar-refractivity contribution in [1.29, 1.82) is 0 Å². The first-order chi connectivity index (χ1) is 12.5. The number of rotatable bonds is 5. The van der Waals surface area contributed by atoms with E-state index in [1.807, 2.05) is 13.0 Å². The third kappa shape index (κ3) is 4.23. The molecular formula is C19H15Cl2NO3S. The van der Waals surface area contributed by atoms with E-state index in [1.54, 1.807) is 42.5 Å². The SMILES string of the molecule is CCOc1ccc(Cl)cc1/C=C1\SC(=O)N(Cc2cccc(Cl)c2)C1=O. The standard InChI is InChI=1S/C19H15Cl2NO3S/c1-2-25-16-7-6-15(21)9-13(16)10-17-18(23)22(19(24)26-17)11-12-4-3-5-14(20)8-12/h3-10H,2,11H2,1H3/b17-10-. The summed E-state index contributed by atoms with van der Waals surface area (Å²) in [6.45, 7) is 2.53. The van der Waals surface area contributed by atoms with E-state index in [0.717, 1.165) is 17.3 Å². The minimum Gasteiger partial charge on any atom is -0.493 e. The predicted molar refractivity (Wildman–Crippen MR) is 106 cm³/mol. The number of amides is 2. The van der Waals surface area contributed by atoms with Gasteiger partial charge in [-0.3, -0.25) is 14.5 Å². The van der Waals surface area contributed by atoms with Gasteiger partial charge in [0.1, 0.15) is 5.75 Å². The van der Waals surface area contributed by atoms with Gasteiger partial charge in [-0.2, -0.15) is 0 Å². The summed E-state index contributed by atoms with van der Waals surface area (Å²) in [5.41, 5.74) is 1.45. The van der Waals surface area contributed by atoms with Gasteiger partial charge in [-0.1, -0.05) is 35.3 Å². The highest BCUT2D eigenvalue weighted by molar-refractivity contribution is 8.18. The maximum atomic E-state index is 12.7. The van der Waals surface area contributed by atoms with Gasteiger partial charge in [0.2, 0.25) is 0 Å². The topological polar surface area (TPSA) is 46.6 Å². The van der Waals surface area contributed by atoms with Crippen molar-refractivity contribution < 1.29 is 14.3 Å². The van der Waals surface area contributed by atoms with Crippen LogP contribution in [0.2, 0.25) is 10.0 Å². The molecule has 26 heavy (non-hydrogen) atoms. The van der Waals surface area contributed by atoms with Gasteiger partial charge in [-0.25, -0.2) is 0 Å². The Morgan fingerprint density at radius 1 is 1.12 bits per heavy atom. The number of nitrogens with zero attached hydrogens (tertiary/aromatic N) is 1. The van der Waals surface area contributed by atoms with E-state index in [0.29, 0.717) is 32.9 Å². The van der Waals surface area contributed by atoms with E-state index in [1.165, 1.54) is 4.90 Å². The highest BCUT2D eigenvalue weighted by Gasteiger charge is 2.35. The molecule has 134 valence electrons. The van der Waals surface area contributed by atoms with Crippen molar-refractivity contribution in [2.45, 2.75) is 13.5 Å². The molecule has 0 atom stereocenters. The predicted octanol–water partition coefficient (Wildman–Crippen LogP) is 5.63. The second-order valence-corrected chi connectivity index (χ2v) is 7.38. The van der Waals surface area contributed by atoms with Crippen LogP contribution in [0.3, 0.4) is 0 Å². The molecule has 0 saturated carbocycles. The normalized spacial score (nSPS) is 15.8. The lowest BCUT2D eigenvalue weighted by Crippen LogP contribution is -2.27. The molecule has 0 unspecified atom stereocenters. The van der Waals surface area contributed by atoms with Crippen molar-refractivity contribution >= 4 is 52.2 Å². The number of carbonyl (C=O) groups excluding carboxylic acids is 2. The maximum Gasteiger partial charge on any atom is 0.293 e. The molecule has 1 saturated heterocycles. The zero-order chi connectivity index (χ0) is 18.7. The third-order valence-corrected chi connectivity index (χ3v) is 5.04. The number of halogens is 2. The molecule has 3 rings (SSSR count). The number of imide groups is 1. The molecule has 2 aromatic rings. The largest absolute Gasteiger partial charge is 0.493 e. The van der Waals surface area contributed by atoms with Crippen molar-refractivity contribution in [2.24, 2.45) is 0 Å². The van der Waals surface area contributed by atoms with Crippen LogP contribution in [0.4, 0.5) is 4.79 Å². The minimum absolute atomic E-state index is 0.177. The molecule has 0 aliphatic carbocycles. The lowest BCUT2D eigenvalue weighted by Gasteiger charge is -2.12. The van der Waals surface area contributed by atoms with Crippen LogP contribution < -0.4 is 4.74 Å². The summed E-state index contributed by atoms with van der Waals surface area (Å²) in [7, 11) is 0. The number of carbonyl (C=O) groups is 2. The average molecular weight is 408 g/mol. The summed E-state index contributed by atoms with van der Waals surface area (Å²) in [4.78, 5) is 26.5. The summed E-state index contributed by atoms with van der Waals surface area (Å²) in [5, 5.41) is 0.768. The Morgan fingerprint density at radius 2 is 1.88 bits per heavy atom. The number of hydrogen-bond acceptors (Lipinski definition) is 4. The van der Waals surface area contributed by atoms with Crippen molar-refractivity contribution in [1.82, 2.24) is 4.90 Å². The Kier molecular flexibility index (Phi) is 5.91. The molecule has 0 N–H and O–H groups in total. The number of ether oxygens (including phenoxy) is 1. The van der Waals surface area contributed by atoms with Gasteiger partial charge >= 0.3 is 0 Å². The average Bonchev–Trinajstić information content (AvgIpc) is 2.85. The molecule has 1 aliphatic rings. The Labute approximate surface area is 165 Å². The molecule has 1 heterocycles. The van der Waals surface area contributed by atoms with Gasteiger partial charge in [0.05, 0.1) is 18.1 Å². The van der Waals surface area contributed by atoms with Gasteiger partial charge in [0.15, 0.2) is 0 Å². The summed E-state index contributed by atoms with van der Waals surface area (Å²) in [6, 6.07) is 12.3. The van der Waals surface area contributed by atoms with Crippen LogP contribution in [-0.4, -0.2) is 22.7 Å². The van der Waals surface area contributed by atoms with Gasteiger partial charge in [0, 0.05) is 15.6 Å². The van der Waals surface area contributed by atoms with Gasteiger partial charge < -0.3 is 4.74 Å². The lowest BCUT2D eigenvalue weighted by molar-refractivity contribution is -0.123. The molecule has 0 spiro atoms. The second-order valence-electron chi connectivity index (χ2n) is 5.51. The van der Waals surface area contributed by atoms with Crippen molar-refractivity contribution in [2.75, 3.05) is 6.61 Å². The van der Waals surface area contributed by atoms with Crippen molar-refractivity contribution in [3.63, 3.8) is 0 Å². The maximum absolute atomic E-state index is 12.7. The van der Waals surface area contributed by atoms with E-state index >= 15 is 0 Å². The Hall–Kier alpha value is -1.95. The van der Waals surface area contributed by atoms with E-state index < -0.39 is 0 Å². The summed E-state index contributed by atoms with van der Waals surface area (Å²) in [5.74, 6) is 0.265. The third-order valence-electron chi connectivity index (χ3n) is 3.66. The zero-order valence-corrected chi connectivity index (χ0v) is 16.2. The number of hydrogen-bond donors (Lipinski definition) is 0. The van der Waals surface area contributed by atoms with Gasteiger partial charge in [-0.15, -0.1) is 0 Å². The highest BCUT2D eigenvalue weighted by atomic mass is 35.5. The monoisotopic (exact) mass is 407 g/mol. The van der Waals surface area contributed by atoms with Crippen LogP contribution in [0, 0.1) is 0 Å². The molecule has 4 nitrogen and oxygen atoms in total. The van der Waals surface area contributed by atoms with Crippen LogP contribution in [0.1, 0.15) is 18.1 Å². The first-order valence-corrected chi connectivity index (χ1v) is 9.47. The Bertz CT molecular complexity index is 898. The zero-order valence-electron chi connectivity index (χ0n) is 13.9. The minimum atomic E-state index is -0.345. The summed E-state index contributed by atoms with van der Waals surface area (Å²) >= 11 is 12.9. The fourth-order valence-electron chi connectivity index (χ4n) is 2.51. The fourth-order valence-corrected chi connectivity index (χ4v) is 3.74. The van der Waals surface area contributed by atoms with E-state index in [9.17, 15) is 9.59 Å². The first kappa shape index (κ1) is 18.8. The molecule has 7 heteroatoms. The molecule has 2 aromatic carbocycles. The molecule has 0 bridgehead atoms. The smallest absolute Gasteiger partial charge is 0.293 e. The highest BCUT2D eigenvalue weighted by Crippen LogP contribution is 2.35. The summed E-state index contributed by atoms with van der Waals surface area (Å²) in [6.07, 6.45) is 1.64. The fraction of sp³-hybridized carbons (Fsp3) is 0.158. The lowest BCUT2D eigenvalue weighted by atomic mass is 10.1. The van der Waals surface area contributed by atoms with E-state index in [4.69, 9.17) is 27.9 Å². The quantitative estimate of drug-likeness (QED) is 0.602. The Morgan fingerprint density at radius 3 is 2.62 bits per heavy atom. The second kappa shape index (κ2) is 8.16. The van der Waals surface area contributed by atoms with Gasteiger partial charge in [-0.05, 0) is 60.7 Å². The van der Waals surface area contributed by atoms with E-state index in [2.05, 4.69) is 0 Å². The summed E-state index contributed by atoms with van der Waals surface area (Å²) < 4.78 is 5.56. The van der Waals surface area contributed by atoms with Crippen LogP contribution in [0.5, 0.6) is 5.75 Å². The molecule has 2 amide bonds. The van der Waals surface area contributed by atoms with Crippen LogP contribution in [0.25, 0.3) is 6.08 Å². The van der Waals surface area contributed by atoms with E-state index in [-0.39, 0.29) is 17.7 Å². The van der Waals surface area contributed by atoms with Crippen LogP contribution >= 0.6 is 35.0 Å². The van der Waals surface area contributed by atoms with Crippen molar-refractivity contribution in [3.8, 4) is 5.75 Å². The molecule has 1 aliphatic heterocycles. The number of benzene rings is 2. The molecular weight excluding hydrogens is 393 g/mol. The van der Waals surface area contributed by atoms with Gasteiger partial charge in [0.25, 0.3) is 11.1 Å². The molecule has 0 radical (unpaired) electrons. The first-order valence-electron chi connectivity index (χ1n) is 7.90. The van der Waals surface area contributed by atoms with Crippen LogP contribution in [0.15, 0.2) is 47.4 Å². The Balaban J connectivity index is 1.87. The number of thioether (sulfide) groups is 1. The van der Waals surface area contributed by atoms with Crippen molar-refractivity contribution in [3.05, 3.63) is 68.5 Å². The molecule has 1 fully saturated rings. The molecule has 0 aromatic heterocycles. The van der Waals surface area contributed by atoms with Crippen LogP contribution in [-0.2, 0) is 11.3 Å².